The monoisotopic (exact) mass is 379 g/mol. The third-order valence-electron chi connectivity index (χ3n) is 2.95. The van der Waals surface area contributed by atoms with E-state index in [2.05, 4.69) is 18.5 Å². The van der Waals surface area contributed by atoms with Gasteiger partial charge in [0.15, 0.2) is 0 Å². The lowest BCUT2D eigenvalue weighted by molar-refractivity contribution is -0.138. The van der Waals surface area contributed by atoms with Gasteiger partial charge in [-0.05, 0) is 19.1 Å². The number of hydrogen-bond donors (Lipinski definition) is 1. The van der Waals surface area contributed by atoms with E-state index in [4.69, 9.17) is 14.2 Å². The van der Waals surface area contributed by atoms with Crippen molar-refractivity contribution in [3.05, 3.63) is 55.1 Å². The molecule has 6 nitrogen and oxygen atoms in total. The van der Waals surface area contributed by atoms with Crippen LogP contribution in [-0.2, 0) is 19.0 Å². The Morgan fingerprint density at radius 2 is 2.04 bits per heavy atom. The van der Waals surface area contributed by atoms with E-state index in [1.807, 2.05) is 30.3 Å². The Bertz CT molecular complexity index is 591. The van der Waals surface area contributed by atoms with Gasteiger partial charge in [-0.25, -0.2) is 9.59 Å². The van der Waals surface area contributed by atoms with Gasteiger partial charge in [0, 0.05) is 16.2 Å². The maximum Gasteiger partial charge on any atom is 0.407 e. The molecule has 1 atom stereocenters. The first-order valence-electron chi connectivity index (χ1n) is 8.16. The fourth-order valence-corrected chi connectivity index (χ4v) is 2.61. The zero-order valence-corrected chi connectivity index (χ0v) is 15.8. The Morgan fingerprint density at radius 3 is 2.69 bits per heavy atom. The molecule has 0 radical (unpaired) electrons. The number of amides is 1. The van der Waals surface area contributed by atoms with E-state index in [1.54, 1.807) is 24.8 Å². The zero-order valence-electron chi connectivity index (χ0n) is 14.9. The SMILES string of the molecule is C=CCOCC(CSc1ccccc1)OC(=O)NCCOC(=O)C(=C)C. The minimum absolute atomic E-state index is 0.0528. The first kappa shape index (κ1) is 21.8. The predicted octanol–water partition coefficient (Wildman–Crippen LogP) is 3.20. The number of carbonyl (C=O) groups excluding carboxylic acids is 2. The van der Waals surface area contributed by atoms with Gasteiger partial charge < -0.3 is 19.5 Å². The quantitative estimate of drug-likeness (QED) is 0.198. The molecule has 0 bridgehead atoms. The fourth-order valence-electron chi connectivity index (χ4n) is 1.72. The van der Waals surface area contributed by atoms with Crippen molar-refractivity contribution in [1.82, 2.24) is 5.32 Å². The number of thioether (sulfide) groups is 1. The number of nitrogens with one attached hydrogen (secondary N) is 1. The summed E-state index contributed by atoms with van der Waals surface area (Å²) in [5.74, 6) is 0.0642. The van der Waals surface area contributed by atoms with Gasteiger partial charge in [-0.1, -0.05) is 30.9 Å². The Balaban J connectivity index is 2.37. The summed E-state index contributed by atoms with van der Waals surface area (Å²) in [5.41, 5.74) is 0.310. The summed E-state index contributed by atoms with van der Waals surface area (Å²) in [6, 6.07) is 9.82. The van der Waals surface area contributed by atoms with Crippen molar-refractivity contribution in [2.75, 3.05) is 32.1 Å². The van der Waals surface area contributed by atoms with Crippen LogP contribution < -0.4 is 5.32 Å². The smallest absolute Gasteiger partial charge is 0.407 e. The van der Waals surface area contributed by atoms with Gasteiger partial charge >= 0.3 is 12.1 Å². The number of alkyl carbamates (subject to hydrolysis) is 1. The number of rotatable bonds is 12. The summed E-state index contributed by atoms with van der Waals surface area (Å²) in [7, 11) is 0. The van der Waals surface area contributed by atoms with Crippen molar-refractivity contribution in [2.45, 2.75) is 17.9 Å². The molecule has 0 saturated heterocycles. The fraction of sp³-hybridized carbons (Fsp3) is 0.368. The van der Waals surface area contributed by atoms with Crippen LogP contribution in [0.5, 0.6) is 0 Å². The number of hydrogen-bond acceptors (Lipinski definition) is 6. The highest BCUT2D eigenvalue weighted by Crippen LogP contribution is 2.19. The lowest BCUT2D eigenvalue weighted by Crippen LogP contribution is -2.34. The van der Waals surface area contributed by atoms with Gasteiger partial charge in [-0.15, -0.1) is 18.3 Å². The molecule has 7 heteroatoms. The molecule has 1 unspecified atom stereocenters. The molecule has 0 aromatic heterocycles. The van der Waals surface area contributed by atoms with Crippen molar-refractivity contribution in [1.29, 1.82) is 0 Å². The van der Waals surface area contributed by atoms with Gasteiger partial charge in [0.2, 0.25) is 0 Å². The van der Waals surface area contributed by atoms with E-state index in [1.165, 1.54) is 0 Å². The van der Waals surface area contributed by atoms with Gasteiger partial charge in [0.25, 0.3) is 0 Å². The van der Waals surface area contributed by atoms with Crippen molar-refractivity contribution in [3.8, 4) is 0 Å². The minimum atomic E-state index is -0.586. The van der Waals surface area contributed by atoms with Gasteiger partial charge in [-0.2, -0.15) is 0 Å². The molecule has 1 N–H and O–H groups in total. The van der Waals surface area contributed by atoms with Crippen LogP contribution in [0.4, 0.5) is 4.79 Å². The van der Waals surface area contributed by atoms with E-state index in [0.717, 1.165) is 4.90 Å². The molecular formula is C19H25NO5S. The molecule has 0 aliphatic heterocycles. The van der Waals surface area contributed by atoms with Crippen molar-refractivity contribution in [3.63, 3.8) is 0 Å². The molecule has 0 saturated carbocycles. The summed E-state index contributed by atoms with van der Waals surface area (Å²) >= 11 is 1.57. The van der Waals surface area contributed by atoms with Crippen LogP contribution in [0.1, 0.15) is 6.92 Å². The molecule has 0 aliphatic rings. The molecule has 1 aromatic carbocycles. The second-order valence-corrected chi connectivity index (χ2v) is 6.41. The van der Waals surface area contributed by atoms with E-state index in [-0.39, 0.29) is 19.8 Å². The van der Waals surface area contributed by atoms with Crippen molar-refractivity contribution in [2.24, 2.45) is 0 Å². The third kappa shape index (κ3) is 9.90. The highest BCUT2D eigenvalue weighted by atomic mass is 32.2. The molecule has 0 fully saturated rings. The first-order chi connectivity index (χ1) is 12.5. The molecule has 1 amide bonds. The summed E-state index contributed by atoms with van der Waals surface area (Å²) in [6.07, 6.45) is 0.632. The van der Waals surface area contributed by atoms with Crippen molar-refractivity contribution < 1.29 is 23.8 Å². The molecule has 0 aliphatic carbocycles. The number of ether oxygens (including phenoxy) is 3. The maximum atomic E-state index is 11.9. The van der Waals surface area contributed by atoms with E-state index >= 15 is 0 Å². The average Bonchev–Trinajstić information content (AvgIpc) is 2.63. The molecule has 0 spiro atoms. The van der Waals surface area contributed by atoms with Crippen LogP contribution in [-0.4, -0.2) is 50.3 Å². The Morgan fingerprint density at radius 1 is 1.31 bits per heavy atom. The minimum Gasteiger partial charge on any atom is -0.460 e. The summed E-state index contributed by atoms with van der Waals surface area (Å²) in [6.45, 7) is 9.49. The van der Waals surface area contributed by atoms with E-state index < -0.39 is 18.2 Å². The average molecular weight is 379 g/mol. The lowest BCUT2D eigenvalue weighted by Gasteiger charge is -2.18. The number of benzene rings is 1. The largest absolute Gasteiger partial charge is 0.460 e. The number of esters is 1. The van der Waals surface area contributed by atoms with E-state index in [9.17, 15) is 9.59 Å². The Labute approximate surface area is 158 Å². The van der Waals surface area contributed by atoms with Crippen LogP contribution in [0, 0.1) is 0 Å². The van der Waals surface area contributed by atoms with Gasteiger partial charge in [0.05, 0.1) is 19.8 Å². The zero-order chi connectivity index (χ0) is 19.2. The van der Waals surface area contributed by atoms with Crippen LogP contribution in [0.25, 0.3) is 0 Å². The predicted molar refractivity (Wildman–Crippen MR) is 102 cm³/mol. The normalized spacial score (nSPS) is 11.3. The second-order valence-electron chi connectivity index (χ2n) is 5.32. The number of carbonyl (C=O) groups is 2. The van der Waals surface area contributed by atoms with Crippen LogP contribution in [0.3, 0.4) is 0 Å². The Kier molecular flexibility index (Phi) is 10.9. The molecule has 1 aromatic rings. The van der Waals surface area contributed by atoms with Crippen LogP contribution in [0.2, 0.25) is 0 Å². The standard InChI is InChI=1S/C19H25NO5S/c1-4-11-23-13-16(14-26-17-8-6-5-7-9-17)25-19(22)20-10-12-24-18(21)15(2)3/h4-9,16H,1-2,10-14H2,3H3,(H,20,22). The summed E-state index contributed by atoms with van der Waals surface area (Å²) < 4.78 is 15.7. The molecule has 26 heavy (non-hydrogen) atoms. The molecular weight excluding hydrogens is 354 g/mol. The molecule has 1 rings (SSSR count). The van der Waals surface area contributed by atoms with Crippen molar-refractivity contribution >= 4 is 23.8 Å². The van der Waals surface area contributed by atoms with Crippen LogP contribution >= 0.6 is 11.8 Å². The second kappa shape index (κ2) is 13.0. The summed E-state index contributed by atoms with van der Waals surface area (Å²) in [5, 5.41) is 2.54. The topological polar surface area (TPSA) is 73.9 Å². The molecule has 142 valence electrons. The molecule has 0 heterocycles. The first-order valence-corrected chi connectivity index (χ1v) is 9.15. The lowest BCUT2D eigenvalue weighted by atomic mass is 10.4. The third-order valence-corrected chi connectivity index (χ3v) is 4.09. The van der Waals surface area contributed by atoms with Crippen LogP contribution in [0.15, 0.2) is 60.0 Å². The van der Waals surface area contributed by atoms with Gasteiger partial charge in [-0.3, -0.25) is 0 Å². The maximum absolute atomic E-state index is 11.9. The Hall–Kier alpha value is -2.25. The highest BCUT2D eigenvalue weighted by Gasteiger charge is 2.15. The highest BCUT2D eigenvalue weighted by molar-refractivity contribution is 7.99. The summed E-state index contributed by atoms with van der Waals surface area (Å²) in [4.78, 5) is 24.2. The van der Waals surface area contributed by atoms with Gasteiger partial charge in [0.1, 0.15) is 12.7 Å². The van der Waals surface area contributed by atoms with E-state index in [0.29, 0.717) is 17.9 Å².